The first kappa shape index (κ1) is 13.6. The third kappa shape index (κ3) is 5.44. The Balaban J connectivity index is 2.38. The highest BCUT2D eigenvalue weighted by Gasteiger charge is 2.29. The number of carbonyl (C=O) groups is 3. The van der Waals surface area contributed by atoms with Crippen molar-refractivity contribution in [2.75, 3.05) is 13.2 Å². The molecule has 1 fully saturated rings. The fourth-order valence-corrected chi connectivity index (χ4v) is 1.58. The second-order valence-electron chi connectivity index (χ2n) is 3.93. The van der Waals surface area contributed by atoms with Crippen LogP contribution in [-0.2, 0) is 28.6 Å². The van der Waals surface area contributed by atoms with Gasteiger partial charge in [0.25, 0.3) is 0 Å². The fraction of sp³-hybridized carbons (Fsp3) is 0.727. The van der Waals surface area contributed by atoms with Gasteiger partial charge in [-0.05, 0) is 0 Å². The minimum Gasteiger partial charge on any atom is -0.463 e. The van der Waals surface area contributed by atoms with E-state index < -0.39 is 24.1 Å². The van der Waals surface area contributed by atoms with Crippen LogP contribution >= 0.6 is 0 Å². The molecule has 96 valence electrons. The minimum atomic E-state index is -0.444. The Morgan fingerprint density at radius 1 is 1.12 bits per heavy atom. The van der Waals surface area contributed by atoms with E-state index in [1.165, 1.54) is 13.8 Å². The number of hydrogen-bond donors (Lipinski definition) is 0. The highest BCUT2D eigenvalue weighted by atomic mass is 16.6. The van der Waals surface area contributed by atoms with Crippen LogP contribution in [0.1, 0.15) is 26.7 Å². The lowest BCUT2D eigenvalue weighted by Gasteiger charge is -2.28. The zero-order valence-corrected chi connectivity index (χ0v) is 9.93. The Kier molecular flexibility index (Phi) is 5.09. The van der Waals surface area contributed by atoms with Crippen molar-refractivity contribution >= 4 is 17.7 Å². The van der Waals surface area contributed by atoms with Crippen molar-refractivity contribution in [3.8, 4) is 0 Å². The van der Waals surface area contributed by atoms with E-state index in [-0.39, 0.29) is 31.8 Å². The predicted molar refractivity (Wildman–Crippen MR) is 56.2 cm³/mol. The van der Waals surface area contributed by atoms with Crippen LogP contribution in [0.25, 0.3) is 0 Å². The average Bonchev–Trinajstić information content (AvgIpc) is 2.23. The highest BCUT2D eigenvalue weighted by molar-refractivity contribution is 5.80. The smallest absolute Gasteiger partial charge is 0.302 e. The molecule has 6 nitrogen and oxygen atoms in total. The van der Waals surface area contributed by atoms with Crippen molar-refractivity contribution in [2.45, 2.75) is 38.9 Å². The van der Waals surface area contributed by atoms with Crippen LogP contribution in [0.15, 0.2) is 0 Å². The van der Waals surface area contributed by atoms with Crippen LogP contribution in [0.4, 0.5) is 0 Å². The molecule has 1 aliphatic heterocycles. The van der Waals surface area contributed by atoms with E-state index in [2.05, 4.69) is 0 Å². The minimum absolute atomic E-state index is 0.0190. The van der Waals surface area contributed by atoms with Gasteiger partial charge in [-0.25, -0.2) is 0 Å². The quantitative estimate of drug-likeness (QED) is 0.659. The van der Waals surface area contributed by atoms with Crippen molar-refractivity contribution < 1.29 is 28.6 Å². The summed E-state index contributed by atoms with van der Waals surface area (Å²) in [5.74, 6) is -0.808. The van der Waals surface area contributed by atoms with Gasteiger partial charge < -0.3 is 14.2 Å². The van der Waals surface area contributed by atoms with Gasteiger partial charge in [-0.3, -0.25) is 14.4 Å². The summed E-state index contributed by atoms with van der Waals surface area (Å²) in [5.41, 5.74) is 0. The summed E-state index contributed by atoms with van der Waals surface area (Å²) in [6.07, 6.45) is -0.435. The summed E-state index contributed by atoms with van der Waals surface area (Å²) in [5, 5.41) is 0. The van der Waals surface area contributed by atoms with E-state index in [0.29, 0.717) is 0 Å². The summed E-state index contributed by atoms with van der Waals surface area (Å²) in [6.45, 7) is 2.69. The molecule has 0 aromatic carbocycles. The molecule has 1 aliphatic rings. The summed E-state index contributed by atoms with van der Waals surface area (Å²) >= 11 is 0. The maximum Gasteiger partial charge on any atom is 0.302 e. The van der Waals surface area contributed by atoms with E-state index in [1.807, 2.05) is 0 Å². The van der Waals surface area contributed by atoms with Gasteiger partial charge in [-0.2, -0.15) is 0 Å². The zero-order valence-electron chi connectivity index (χ0n) is 9.93. The average molecular weight is 244 g/mol. The molecule has 0 N–H and O–H groups in total. The predicted octanol–water partition coefficient (Wildman–Crippen LogP) is 0.229. The Hall–Kier alpha value is -1.43. The lowest BCUT2D eigenvalue weighted by Crippen LogP contribution is -2.38. The first-order chi connectivity index (χ1) is 7.97. The first-order valence-electron chi connectivity index (χ1n) is 5.41. The molecule has 0 spiro atoms. The van der Waals surface area contributed by atoms with E-state index in [9.17, 15) is 14.4 Å². The van der Waals surface area contributed by atoms with Gasteiger partial charge in [-0.1, -0.05) is 0 Å². The molecule has 1 heterocycles. The van der Waals surface area contributed by atoms with Crippen LogP contribution < -0.4 is 0 Å². The molecule has 6 heteroatoms. The van der Waals surface area contributed by atoms with Gasteiger partial charge in [-0.15, -0.1) is 0 Å². The molecule has 0 aliphatic carbocycles. The Labute approximate surface area is 99.2 Å². The molecule has 0 bridgehead atoms. The fourth-order valence-electron chi connectivity index (χ4n) is 1.58. The number of esters is 2. The largest absolute Gasteiger partial charge is 0.463 e. The van der Waals surface area contributed by atoms with E-state index in [0.717, 1.165) is 0 Å². The third-order valence-corrected chi connectivity index (χ3v) is 2.24. The van der Waals surface area contributed by atoms with Gasteiger partial charge in [0.1, 0.15) is 19.0 Å². The molecule has 2 atom stereocenters. The molecule has 0 amide bonds. The number of ketones is 1. The van der Waals surface area contributed by atoms with Gasteiger partial charge >= 0.3 is 11.9 Å². The van der Waals surface area contributed by atoms with Crippen molar-refractivity contribution in [1.82, 2.24) is 0 Å². The van der Waals surface area contributed by atoms with Gasteiger partial charge in [0, 0.05) is 26.7 Å². The van der Waals surface area contributed by atoms with Gasteiger partial charge in [0.15, 0.2) is 0 Å². The normalized spacial score (nSPS) is 24.2. The SMILES string of the molecule is CC(=O)OC[C@@H]1CC(=O)C[C@H](COC(C)=O)O1. The second-order valence-corrected chi connectivity index (χ2v) is 3.93. The van der Waals surface area contributed by atoms with Crippen molar-refractivity contribution in [3.63, 3.8) is 0 Å². The van der Waals surface area contributed by atoms with Crippen molar-refractivity contribution in [1.29, 1.82) is 0 Å². The zero-order chi connectivity index (χ0) is 12.8. The van der Waals surface area contributed by atoms with Gasteiger partial charge in [0.05, 0.1) is 12.2 Å². The molecule has 1 saturated heterocycles. The van der Waals surface area contributed by atoms with Crippen molar-refractivity contribution in [3.05, 3.63) is 0 Å². The number of ether oxygens (including phenoxy) is 3. The highest BCUT2D eigenvalue weighted by Crippen LogP contribution is 2.17. The number of Topliss-reactive ketones (excluding diaryl/α,β-unsaturated/α-hetero) is 1. The monoisotopic (exact) mass is 244 g/mol. The lowest BCUT2D eigenvalue weighted by atomic mass is 10.0. The molecule has 0 aromatic heterocycles. The van der Waals surface area contributed by atoms with Crippen LogP contribution in [0.3, 0.4) is 0 Å². The molecule has 0 aromatic rings. The molecular weight excluding hydrogens is 228 g/mol. The topological polar surface area (TPSA) is 78.9 Å². The summed E-state index contributed by atoms with van der Waals surface area (Å²) in [4.78, 5) is 32.7. The summed E-state index contributed by atoms with van der Waals surface area (Å²) in [7, 11) is 0. The molecule has 17 heavy (non-hydrogen) atoms. The maximum absolute atomic E-state index is 11.4. The molecule has 0 saturated carbocycles. The molecule has 1 rings (SSSR count). The van der Waals surface area contributed by atoms with Crippen LogP contribution in [0.5, 0.6) is 0 Å². The van der Waals surface area contributed by atoms with Crippen molar-refractivity contribution in [2.24, 2.45) is 0 Å². The second kappa shape index (κ2) is 6.34. The Morgan fingerprint density at radius 3 is 1.88 bits per heavy atom. The van der Waals surface area contributed by atoms with E-state index in [4.69, 9.17) is 14.2 Å². The number of rotatable bonds is 4. The Bertz CT molecular complexity index is 283. The van der Waals surface area contributed by atoms with Crippen LogP contribution in [-0.4, -0.2) is 43.1 Å². The molecule has 0 radical (unpaired) electrons. The Morgan fingerprint density at radius 2 is 1.53 bits per heavy atom. The van der Waals surface area contributed by atoms with E-state index >= 15 is 0 Å². The summed E-state index contributed by atoms with van der Waals surface area (Å²) < 4.78 is 15.0. The first-order valence-corrected chi connectivity index (χ1v) is 5.41. The molecule has 0 unspecified atom stereocenters. The lowest BCUT2D eigenvalue weighted by molar-refractivity contribution is -0.163. The van der Waals surface area contributed by atoms with E-state index in [1.54, 1.807) is 0 Å². The number of hydrogen-bond acceptors (Lipinski definition) is 6. The van der Waals surface area contributed by atoms with Crippen LogP contribution in [0, 0.1) is 0 Å². The summed E-state index contributed by atoms with van der Waals surface area (Å²) in [6, 6.07) is 0. The maximum atomic E-state index is 11.4. The number of carbonyl (C=O) groups excluding carboxylic acids is 3. The molecular formula is C11H16O6. The third-order valence-electron chi connectivity index (χ3n) is 2.24. The standard InChI is InChI=1S/C11H16O6/c1-7(12)15-5-10-3-9(14)4-11(17-10)6-16-8(2)13/h10-11H,3-6H2,1-2H3/t10-,11+. The van der Waals surface area contributed by atoms with Crippen LogP contribution in [0.2, 0.25) is 0 Å². The van der Waals surface area contributed by atoms with Gasteiger partial charge in [0.2, 0.25) is 0 Å².